The maximum absolute atomic E-state index is 14.9. The minimum atomic E-state index is -2.73. The minimum absolute atomic E-state index is 0.0542. The molecule has 2 aliphatic rings. The molecule has 32 heavy (non-hydrogen) atoms. The van der Waals surface area contributed by atoms with Crippen molar-refractivity contribution in [2.24, 2.45) is 0 Å². The highest BCUT2D eigenvalue weighted by atomic mass is 19.3. The number of phenolic OH excluding ortho intramolecular Hbond substituents is 1. The molecule has 0 spiro atoms. The Labute approximate surface area is 182 Å². The second-order valence-electron chi connectivity index (χ2n) is 8.40. The zero-order valence-corrected chi connectivity index (χ0v) is 17.4. The SMILES string of the molecule is CN(c1ccc(-c2ccc(-c3cnn(C(F)F)c3)cc2O)nn1)[C@@H]1CC2CCC(N2)[C@@H]1F. The molecule has 0 amide bonds. The average molecular weight is 444 g/mol. The number of aromatic nitrogens is 4. The zero-order valence-electron chi connectivity index (χ0n) is 17.4. The predicted molar refractivity (Wildman–Crippen MR) is 113 cm³/mol. The van der Waals surface area contributed by atoms with Crippen LogP contribution in [0.1, 0.15) is 25.8 Å². The van der Waals surface area contributed by atoms with Crippen molar-refractivity contribution in [2.75, 3.05) is 11.9 Å². The van der Waals surface area contributed by atoms with Crippen LogP contribution in [-0.2, 0) is 0 Å². The second-order valence-corrected chi connectivity index (χ2v) is 8.40. The summed E-state index contributed by atoms with van der Waals surface area (Å²) in [5.41, 5.74) is 1.93. The molecular formula is C22H23F3N6O. The third-order valence-electron chi connectivity index (χ3n) is 6.47. The van der Waals surface area contributed by atoms with Gasteiger partial charge in [-0.1, -0.05) is 6.07 Å². The minimum Gasteiger partial charge on any atom is -0.507 e. The van der Waals surface area contributed by atoms with E-state index in [0.717, 1.165) is 19.3 Å². The lowest BCUT2D eigenvalue weighted by Gasteiger charge is -2.38. The topological polar surface area (TPSA) is 79.1 Å². The molecule has 168 valence electrons. The van der Waals surface area contributed by atoms with Crippen LogP contribution in [0, 0.1) is 0 Å². The molecular weight excluding hydrogens is 421 g/mol. The van der Waals surface area contributed by atoms with Crippen LogP contribution < -0.4 is 10.2 Å². The third kappa shape index (κ3) is 3.68. The first-order chi connectivity index (χ1) is 15.4. The number of piperidine rings is 1. The standard InChI is InChI=1S/C22H23F3N6O/c1-30(18-9-14-3-5-17(27-14)21(18)23)20-7-6-16(28-29-20)15-4-2-12(8-19(15)32)13-10-26-31(11-13)22(24)25/h2,4,6-8,10-11,14,17-18,21-22,27,32H,3,5,9H2,1H3/t14?,17?,18-,21+/m1/s1. The van der Waals surface area contributed by atoms with Crippen LogP contribution in [0.4, 0.5) is 19.0 Å². The fraction of sp³-hybridized carbons (Fsp3) is 0.409. The summed E-state index contributed by atoms with van der Waals surface area (Å²) in [6, 6.07) is 8.30. The molecule has 4 atom stereocenters. The zero-order chi connectivity index (χ0) is 22.4. The van der Waals surface area contributed by atoms with Gasteiger partial charge in [-0.15, -0.1) is 10.2 Å². The van der Waals surface area contributed by atoms with Crippen molar-refractivity contribution in [1.82, 2.24) is 25.3 Å². The van der Waals surface area contributed by atoms with Gasteiger partial charge in [-0.25, -0.2) is 9.07 Å². The Morgan fingerprint density at radius 3 is 2.69 bits per heavy atom. The van der Waals surface area contributed by atoms with Gasteiger partial charge in [0.2, 0.25) is 0 Å². The van der Waals surface area contributed by atoms with Crippen molar-refractivity contribution >= 4 is 5.82 Å². The highest BCUT2D eigenvalue weighted by molar-refractivity contribution is 5.74. The largest absolute Gasteiger partial charge is 0.507 e. The number of fused-ring (bicyclic) bond motifs is 2. The molecule has 2 aliphatic heterocycles. The van der Waals surface area contributed by atoms with Crippen molar-refractivity contribution in [3.8, 4) is 28.1 Å². The van der Waals surface area contributed by atoms with Crippen molar-refractivity contribution in [3.63, 3.8) is 0 Å². The molecule has 2 unspecified atom stereocenters. The van der Waals surface area contributed by atoms with Gasteiger partial charge in [0.05, 0.1) is 17.9 Å². The van der Waals surface area contributed by atoms with E-state index in [4.69, 9.17) is 0 Å². The Balaban J connectivity index is 1.34. The molecule has 2 fully saturated rings. The molecule has 2 saturated heterocycles. The number of nitrogens with zero attached hydrogens (tertiary/aromatic N) is 5. The maximum atomic E-state index is 14.9. The Hall–Kier alpha value is -3.14. The summed E-state index contributed by atoms with van der Waals surface area (Å²) >= 11 is 0. The Morgan fingerprint density at radius 1 is 1.16 bits per heavy atom. The number of hydrogen-bond acceptors (Lipinski definition) is 6. The number of phenols is 1. The van der Waals surface area contributed by atoms with Crippen LogP contribution in [0.3, 0.4) is 0 Å². The van der Waals surface area contributed by atoms with E-state index < -0.39 is 12.7 Å². The molecule has 4 heterocycles. The molecule has 7 nitrogen and oxygen atoms in total. The van der Waals surface area contributed by atoms with E-state index in [-0.39, 0.29) is 17.8 Å². The molecule has 2 N–H and O–H groups in total. The van der Waals surface area contributed by atoms with Crippen LogP contribution in [0.5, 0.6) is 5.75 Å². The van der Waals surface area contributed by atoms with E-state index >= 15 is 0 Å². The number of aromatic hydroxyl groups is 1. The van der Waals surface area contributed by atoms with Crippen LogP contribution in [0.25, 0.3) is 22.4 Å². The van der Waals surface area contributed by atoms with E-state index in [0.29, 0.717) is 38.9 Å². The Morgan fingerprint density at radius 2 is 2.00 bits per heavy atom. The number of benzene rings is 1. The molecule has 0 aliphatic carbocycles. The summed E-state index contributed by atoms with van der Waals surface area (Å²) in [6.45, 7) is -2.73. The van der Waals surface area contributed by atoms with Gasteiger partial charge in [0.1, 0.15) is 11.9 Å². The first kappa shape index (κ1) is 20.7. The van der Waals surface area contributed by atoms with Crippen molar-refractivity contribution in [2.45, 2.75) is 50.1 Å². The number of anilines is 1. The number of hydrogen-bond donors (Lipinski definition) is 2. The van der Waals surface area contributed by atoms with Gasteiger partial charge in [0, 0.05) is 36.5 Å². The molecule has 2 bridgehead atoms. The lowest BCUT2D eigenvalue weighted by Crippen LogP contribution is -2.55. The second kappa shape index (κ2) is 8.09. The van der Waals surface area contributed by atoms with Gasteiger partial charge >= 0.3 is 6.55 Å². The number of halogens is 3. The lowest BCUT2D eigenvalue weighted by molar-refractivity contribution is 0.0566. The van der Waals surface area contributed by atoms with Crippen LogP contribution in [0.2, 0.25) is 0 Å². The highest BCUT2D eigenvalue weighted by Crippen LogP contribution is 2.35. The Kier molecular flexibility index (Phi) is 5.24. The fourth-order valence-corrected chi connectivity index (χ4v) is 4.70. The Bertz CT molecular complexity index is 1110. The summed E-state index contributed by atoms with van der Waals surface area (Å²) in [5, 5.41) is 25.9. The number of rotatable bonds is 5. The van der Waals surface area contributed by atoms with Crippen molar-refractivity contribution in [1.29, 1.82) is 0 Å². The van der Waals surface area contributed by atoms with E-state index in [1.807, 2.05) is 11.9 Å². The quantitative estimate of drug-likeness (QED) is 0.624. The fourth-order valence-electron chi connectivity index (χ4n) is 4.70. The van der Waals surface area contributed by atoms with Crippen LogP contribution in [0.15, 0.2) is 42.7 Å². The van der Waals surface area contributed by atoms with Crippen molar-refractivity contribution < 1.29 is 18.3 Å². The van der Waals surface area contributed by atoms with Gasteiger partial charge in [0.25, 0.3) is 0 Å². The van der Waals surface area contributed by atoms with E-state index in [1.165, 1.54) is 18.5 Å². The summed E-state index contributed by atoms with van der Waals surface area (Å²) in [4.78, 5) is 1.84. The summed E-state index contributed by atoms with van der Waals surface area (Å²) in [6.07, 6.45) is 4.15. The van der Waals surface area contributed by atoms with E-state index in [1.54, 1.807) is 24.3 Å². The van der Waals surface area contributed by atoms with Gasteiger partial charge in [-0.3, -0.25) is 0 Å². The van der Waals surface area contributed by atoms with E-state index in [9.17, 15) is 18.3 Å². The maximum Gasteiger partial charge on any atom is 0.333 e. The average Bonchev–Trinajstić information content (AvgIpc) is 3.44. The lowest BCUT2D eigenvalue weighted by atomic mass is 9.96. The predicted octanol–water partition coefficient (Wildman–Crippen LogP) is 3.78. The number of alkyl halides is 3. The smallest absolute Gasteiger partial charge is 0.333 e. The summed E-state index contributed by atoms with van der Waals surface area (Å²) in [7, 11) is 1.83. The molecule has 3 aromatic rings. The first-order valence-electron chi connectivity index (χ1n) is 10.5. The van der Waals surface area contributed by atoms with Gasteiger partial charge in [-0.2, -0.15) is 13.9 Å². The monoisotopic (exact) mass is 444 g/mol. The molecule has 5 rings (SSSR count). The summed E-state index contributed by atoms with van der Waals surface area (Å²) in [5.74, 6) is 0.514. The van der Waals surface area contributed by atoms with Gasteiger partial charge in [-0.05, 0) is 49.1 Å². The molecule has 1 aromatic carbocycles. The van der Waals surface area contributed by atoms with Crippen LogP contribution >= 0.6 is 0 Å². The molecule has 2 aromatic heterocycles. The third-order valence-corrected chi connectivity index (χ3v) is 6.47. The molecule has 0 saturated carbocycles. The van der Waals surface area contributed by atoms with E-state index in [2.05, 4.69) is 20.6 Å². The van der Waals surface area contributed by atoms with Crippen molar-refractivity contribution in [3.05, 3.63) is 42.7 Å². The molecule has 0 radical (unpaired) electrons. The normalized spacial score (nSPS) is 24.8. The number of nitrogens with one attached hydrogen (secondary N) is 1. The summed E-state index contributed by atoms with van der Waals surface area (Å²) < 4.78 is 40.9. The van der Waals surface area contributed by atoms with Gasteiger partial charge in [0.15, 0.2) is 5.82 Å². The first-order valence-corrected chi connectivity index (χ1v) is 10.5. The highest BCUT2D eigenvalue weighted by Gasteiger charge is 2.43. The van der Waals surface area contributed by atoms with Crippen LogP contribution in [-0.4, -0.2) is 56.4 Å². The molecule has 10 heteroatoms. The van der Waals surface area contributed by atoms with Gasteiger partial charge < -0.3 is 15.3 Å².